The van der Waals surface area contributed by atoms with Crippen LogP contribution in [-0.4, -0.2) is 31.3 Å². The van der Waals surface area contributed by atoms with E-state index >= 15 is 0 Å². The number of nitrogens with one attached hydrogen (secondary N) is 1. The lowest BCUT2D eigenvalue weighted by Crippen LogP contribution is -2.41. The van der Waals surface area contributed by atoms with Crippen molar-refractivity contribution in [3.8, 4) is 5.75 Å². The highest BCUT2D eigenvalue weighted by Crippen LogP contribution is 2.38. The molecule has 0 spiro atoms. The summed E-state index contributed by atoms with van der Waals surface area (Å²) in [6, 6.07) is 7.48. The Balaban J connectivity index is 1.41. The van der Waals surface area contributed by atoms with Crippen LogP contribution in [0.2, 0.25) is 0 Å². The molecule has 1 saturated heterocycles. The Kier molecular flexibility index (Phi) is 4.29. The molecule has 3 N–H and O–H groups in total. The number of carbonyl (C=O) groups is 1. The zero-order chi connectivity index (χ0) is 14.7. The first kappa shape index (κ1) is 14.2. The Morgan fingerprint density at radius 2 is 2.14 bits per heavy atom. The molecule has 2 unspecified atom stereocenters. The largest absolute Gasteiger partial charge is 0.491 e. The maximum atomic E-state index is 12.0. The first-order valence-corrected chi connectivity index (χ1v) is 7.62. The molecule has 5 heteroatoms. The molecule has 2 fully saturated rings. The molecule has 5 nitrogen and oxygen atoms in total. The van der Waals surface area contributed by atoms with Crippen molar-refractivity contribution in [3.05, 3.63) is 24.3 Å². The van der Waals surface area contributed by atoms with Crippen molar-refractivity contribution in [2.45, 2.75) is 37.8 Å². The third-order valence-corrected chi connectivity index (χ3v) is 4.07. The number of carbonyl (C=O) groups excluding carboxylic acids is 1. The molecule has 0 radical (unpaired) electrons. The number of benzene rings is 1. The summed E-state index contributed by atoms with van der Waals surface area (Å²) in [4.78, 5) is 12.0. The van der Waals surface area contributed by atoms with Crippen molar-refractivity contribution in [2.24, 2.45) is 5.92 Å². The van der Waals surface area contributed by atoms with Crippen LogP contribution in [0.15, 0.2) is 24.3 Å². The van der Waals surface area contributed by atoms with E-state index in [-0.39, 0.29) is 18.1 Å². The highest BCUT2D eigenvalue weighted by Gasteiger charge is 2.41. The molecule has 1 aliphatic heterocycles. The van der Waals surface area contributed by atoms with Crippen LogP contribution in [0.25, 0.3) is 0 Å². The lowest BCUT2D eigenvalue weighted by molar-refractivity contribution is -0.122. The fourth-order valence-corrected chi connectivity index (χ4v) is 2.80. The quantitative estimate of drug-likeness (QED) is 0.782. The minimum Gasteiger partial charge on any atom is -0.491 e. The average Bonchev–Trinajstić information content (AvgIpc) is 3.22. The predicted octanol–water partition coefficient (Wildman–Crippen LogP) is 1.72. The monoisotopic (exact) mass is 290 g/mol. The zero-order valence-electron chi connectivity index (χ0n) is 12.1. The van der Waals surface area contributed by atoms with Gasteiger partial charge in [-0.25, -0.2) is 0 Å². The molecular weight excluding hydrogens is 268 g/mol. The molecular formula is C16H22N2O3. The molecule has 1 aromatic carbocycles. The molecule has 1 saturated carbocycles. The second-order valence-electron chi connectivity index (χ2n) is 5.77. The van der Waals surface area contributed by atoms with Gasteiger partial charge in [0.15, 0.2) is 0 Å². The van der Waals surface area contributed by atoms with Gasteiger partial charge in [-0.2, -0.15) is 0 Å². The van der Waals surface area contributed by atoms with E-state index in [4.69, 9.17) is 15.2 Å². The molecule has 1 amide bonds. The number of anilines is 1. The van der Waals surface area contributed by atoms with Crippen LogP contribution in [0.3, 0.4) is 0 Å². The minimum atomic E-state index is 0.0191. The van der Waals surface area contributed by atoms with E-state index in [0.29, 0.717) is 30.4 Å². The van der Waals surface area contributed by atoms with Crippen LogP contribution < -0.4 is 15.8 Å². The van der Waals surface area contributed by atoms with Crippen LogP contribution in [0.4, 0.5) is 5.69 Å². The third-order valence-electron chi connectivity index (χ3n) is 4.07. The van der Waals surface area contributed by atoms with Crippen LogP contribution in [0.1, 0.15) is 25.7 Å². The lowest BCUT2D eigenvalue weighted by atomic mass is 10.1. The van der Waals surface area contributed by atoms with Gasteiger partial charge in [0, 0.05) is 6.61 Å². The number of nitrogen functional groups attached to an aromatic ring is 1. The summed E-state index contributed by atoms with van der Waals surface area (Å²) < 4.78 is 11.3. The van der Waals surface area contributed by atoms with Crippen LogP contribution in [-0.2, 0) is 9.53 Å². The van der Waals surface area contributed by atoms with E-state index < -0.39 is 0 Å². The predicted molar refractivity (Wildman–Crippen MR) is 80.0 cm³/mol. The Morgan fingerprint density at radius 1 is 1.33 bits per heavy atom. The smallest absolute Gasteiger partial charge is 0.223 e. The maximum absolute atomic E-state index is 12.0. The first-order chi connectivity index (χ1) is 10.2. The van der Waals surface area contributed by atoms with E-state index in [0.717, 1.165) is 13.0 Å². The van der Waals surface area contributed by atoms with Crippen molar-refractivity contribution in [1.82, 2.24) is 5.32 Å². The van der Waals surface area contributed by atoms with Gasteiger partial charge in [-0.05, 0) is 37.3 Å². The van der Waals surface area contributed by atoms with Crippen molar-refractivity contribution in [2.75, 3.05) is 18.9 Å². The van der Waals surface area contributed by atoms with E-state index in [1.165, 1.54) is 12.8 Å². The number of hydrogen-bond acceptors (Lipinski definition) is 4. The van der Waals surface area contributed by atoms with Gasteiger partial charge in [0.1, 0.15) is 5.75 Å². The van der Waals surface area contributed by atoms with E-state index in [1.807, 2.05) is 12.1 Å². The summed E-state index contributed by atoms with van der Waals surface area (Å²) >= 11 is 0. The fraction of sp³-hybridized carbons (Fsp3) is 0.562. The second kappa shape index (κ2) is 6.35. The zero-order valence-corrected chi connectivity index (χ0v) is 12.1. The van der Waals surface area contributed by atoms with E-state index in [1.54, 1.807) is 12.1 Å². The summed E-state index contributed by atoms with van der Waals surface area (Å²) in [5.74, 6) is 1.30. The summed E-state index contributed by atoms with van der Waals surface area (Å²) in [7, 11) is 0. The molecule has 1 aromatic rings. The first-order valence-electron chi connectivity index (χ1n) is 7.62. The molecule has 1 aliphatic carbocycles. The summed E-state index contributed by atoms with van der Waals surface area (Å²) in [5.41, 5.74) is 6.38. The SMILES string of the molecule is Nc1ccccc1OCCC(=O)NC1CCOC1C1CC1. The maximum Gasteiger partial charge on any atom is 0.223 e. The Morgan fingerprint density at radius 3 is 2.90 bits per heavy atom. The van der Waals surface area contributed by atoms with Crippen LogP contribution in [0.5, 0.6) is 5.75 Å². The van der Waals surface area contributed by atoms with Gasteiger partial charge in [-0.1, -0.05) is 12.1 Å². The molecule has 3 rings (SSSR count). The molecule has 21 heavy (non-hydrogen) atoms. The third kappa shape index (κ3) is 3.67. The van der Waals surface area contributed by atoms with Gasteiger partial charge in [0.05, 0.1) is 30.9 Å². The van der Waals surface area contributed by atoms with Crippen molar-refractivity contribution in [1.29, 1.82) is 0 Å². The van der Waals surface area contributed by atoms with Gasteiger partial charge in [0.2, 0.25) is 5.91 Å². The molecule has 0 aromatic heterocycles. The summed E-state index contributed by atoms with van der Waals surface area (Å²) in [6.45, 7) is 1.09. The van der Waals surface area contributed by atoms with Gasteiger partial charge in [-0.15, -0.1) is 0 Å². The highest BCUT2D eigenvalue weighted by atomic mass is 16.5. The fourth-order valence-electron chi connectivity index (χ4n) is 2.80. The summed E-state index contributed by atoms with van der Waals surface area (Å²) in [6.07, 6.45) is 3.93. The molecule has 1 heterocycles. The number of nitrogens with two attached hydrogens (primary N) is 1. The minimum absolute atomic E-state index is 0.0191. The van der Waals surface area contributed by atoms with Crippen molar-refractivity contribution < 1.29 is 14.3 Å². The number of amides is 1. The normalized spacial score (nSPS) is 24.8. The Hall–Kier alpha value is -1.75. The molecule has 114 valence electrons. The van der Waals surface area contributed by atoms with Crippen LogP contribution >= 0.6 is 0 Å². The highest BCUT2D eigenvalue weighted by molar-refractivity contribution is 5.76. The molecule has 2 atom stereocenters. The average molecular weight is 290 g/mol. The van der Waals surface area contributed by atoms with Gasteiger partial charge in [-0.3, -0.25) is 4.79 Å². The topological polar surface area (TPSA) is 73.6 Å². The van der Waals surface area contributed by atoms with Crippen LogP contribution in [0, 0.1) is 5.92 Å². The Bertz CT molecular complexity index is 502. The lowest BCUT2D eigenvalue weighted by Gasteiger charge is -2.19. The molecule has 2 aliphatic rings. The number of ether oxygens (including phenoxy) is 2. The number of rotatable bonds is 6. The Labute approximate surface area is 124 Å². The second-order valence-corrected chi connectivity index (χ2v) is 5.77. The van der Waals surface area contributed by atoms with Crippen molar-refractivity contribution >= 4 is 11.6 Å². The van der Waals surface area contributed by atoms with Gasteiger partial charge >= 0.3 is 0 Å². The van der Waals surface area contributed by atoms with E-state index in [2.05, 4.69) is 5.32 Å². The van der Waals surface area contributed by atoms with Gasteiger partial charge < -0.3 is 20.5 Å². The number of para-hydroxylation sites is 2. The number of hydrogen-bond donors (Lipinski definition) is 2. The van der Waals surface area contributed by atoms with Crippen molar-refractivity contribution in [3.63, 3.8) is 0 Å². The standard InChI is InChI=1S/C16H22N2O3/c17-12-3-1-2-4-14(12)20-10-8-15(19)18-13-7-9-21-16(13)11-5-6-11/h1-4,11,13,16H,5-10,17H2,(H,18,19). The van der Waals surface area contributed by atoms with Gasteiger partial charge in [0.25, 0.3) is 0 Å². The van der Waals surface area contributed by atoms with E-state index in [9.17, 15) is 4.79 Å². The molecule has 0 bridgehead atoms. The summed E-state index contributed by atoms with van der Waals surface area (Å²) in [5, 5.41) is 3.08.